The van der Waals surface area contributed by atoms with Gasteiger partial charge in [0.15, 0.2) is 5.88 Å². The molecule has 2 amide bonds. The Hall–Kier alpha value is -2.26. The molecule has 2 saturated heterocycles. The van der Waals surface area contributed by atoms with E-state index in [0.29, 0.717) is 24.9 Å². The third-order valence-electron chi connectivity index (χ3n) is 3.74. The number of nitrogens with zero attached hydrogens (tertiary/aromatic N) is 2. The van der Waals surface area contributed by atoms with Gasteiger partial charge in [0.1, 0.15) is 12.3 Å². The summed E-state index contributed by atoms with van der Waals surface area (Å²) in [5, 5.41) is -0.498. The van der Waals surface area contributed by atoms with E-state index >= 15 is 0 Å². The number of ether oxygens (including phenoxy) is 2. The number of thioether (sulfide) groups is 1. The summed E-state index contributed by atoms with van der Waals surface area (Å²) in [6.07, 6.45) is 1.21. The molecule has 0 unspecified atom stereocenters. The molecule has 3 heterocycles. The number of amides is 2. The highest BCUT2D eigenvalue weighted by Crippen LogP contribution is 2.33. The van der Waals surface area contributed by atoms with Crippen molar-refractivity contribution in [3.63, 3.8) is 0 Å². The Morgan fingerprint density at radius 3 is 2.73 bits per heavy atom. The molecular weight excluding hydrogens is 360 g/mol. The van der Waals surface area contributed by atoms with Crippen molar-refractivity contribution < 1.29 is 28.3 Å². The van der Waals surface area contributed by atoms with Crippen LogP contribution in [0.1, 0.15) is 19.6 Å². The Morgan fingerprint density at radius 1 is 1.31 bits per heavy atom. The Kier molecular flexibility index (Phi) is 5.67. The van der Waals surface area contributed by atoms with E-state index in [4.69, 9.17) is 13.9 Å². The maximum absolute atomic E-state index is 12.4. The van der Waals surface area contributed by atoms with E-state index in [1.165, 1.54) is 6.08 Å². The lowest BCUT2D eigenvalue weighted by Gasteiger charge is -2.26. The molecule has 9 heteroatoms. The molecule has 0 saturated carbocycles. The van der Waals surface area contributed by atoms with Crippen molar-refractivity contribution in [2.75, 3.05) is 37.7 Å². The number of carbonyl (C=O) groups is 3. The Bertz CT molecular complexity index is 735. The summed E-state index contributed by atoms with van der Waals surface area (Å²) in [6, 6.07) is 3.56. The molecule has 26 heavy (non-hydrogen) atoms. The molecule has 2 aliphatic heterocycles. The normalized spacial score (nSPS) is 19.7. The highest BCUT2D eigenvalue weighted by molar-refractivity contribution is 8.18. The fraction of sp³-hybridized carbons (Fsp3) is 0.471. The summed E-state index contributed by atoms with van der Waals surface area (Å²) in [4.78, 5) is 39.3. The standard InChI is InChI=1S/C17H20N2O6S/c1-11(2)24-15(20)10-19-16(21)13(26-17(19)22)9-12-3-4-14(25-12)18-5-7-23-8-6-18/h3-4,9,11H,5-8,10H2,1-2H3. The minimum absolute atomic E-state index is 0.218. The van der Waals surface area contributed by atoms with Crippen LogP contribution in [-0.2, 0) is 19.1 Å². The summed E-state index contributed by atoms with van der Waals surface area (Å²) in [5.41, 5.74) is 0. The van der Waals surface area contributed by atoms with Gasteiger partial charge in [-0.3, -0.25) is 19.3 Å². The van der Waals surface area contributed by atoms with Crippen molar-refractivity contribution in [2.24, 2.45) is 0 Å². The van der Waals surface area contributed by atoms with Gasteiger partial charge in [-0.2, -0.15) is 0 Å². The van der Waals surface area contributed by atoms with Crippen LogP contribution in [0.2, 0.25) is 0 Å². The molecule has 0 spiro atoms. The van der Waals surface area contributed by atoms with E-state index in [1.807, 2.05) is 6.07 Å². The molecule has 140 valence electrons. The minimum Gasteiger partial charge on any atom is -0.462 e. The Morgan fingerprint density at radius 2 is 2.04 bits per heavy atom. The molecule has 2 fully saturated rings. The van der Waals surface area contributed by atoms with Crippen LogP contribution in [0.4, 0.5) is 10.7 Å². The van der Waals surface area contributed by atoms with E-state index in [-0.39, 0.29) is 11.0 Å². The highest BCUT2D eigenvalue weighted by atomic mass is 32.2. The number of carbonyl (C=O) groups excluding carboxylic acids is 3. The summed E-state index contributed by atoms with van der Waals surface area (Å²) >= 11 is 0.780. The number of morpholine rings is 1. The predicted molar refractivity (Wildman–Crippen MR) is 95.6 cm³/mol. The third kappa shape index (κ3) is 4.28. The number of esters is 1. The first-order chi connectivity index (χ1) is 12.4. The van der Waals surface area contributed by atoms with E-state index in [9.17, 15) is 14.4 Å². The van der Waals surface area contributed by atoms with Crippen molar-refractivity contribution in [3.05, 3.63) is 22.8 Å². The molecule has 3 rings (SSSR count). The first-order valence-electron chi connectivity index (χ1n) is 8.31. The Labute approximate surface area is 155 Å². The van der Waals surface area contributed by atoms with Gasteiger partial charge in [-0.15, -0.1) is 0 Å². The second-order valence-corrected chi connectivity index (χ2v) is 7.08. The minimum atomic E-state index is -0.615. The molecule has 1 aromatic heterocycles. The summed E-state index contributed by atoms with van der Waals surface area (Å²) in [5.74, 6) is 0.0298. The smallest absolute Gasteiger partial charge is 0.326 e. The molecule has 0 N–H and O–H groups in total. The molecule has 2 aliphatic rings. The van der Waals surface area contributed by atoms with Gasteiger partial charge in [-0.1, -0.05) is 0 Å². The van der Waals surface area contributed by atoms with Crippen molar-refractivity contribution in [2.45, 2.75) is 20.0 Å². The van der Waals surface area contributed by atoms with Crippen LogP contribution < -0.4 is 4.90 Å². The maximum atomic E-state index is 12.4. The van der Waals surface area contributed by atoms with Gasteiger partial charge in [-0.05, 0) is 31.7 Å². The first-order valence-corrected chi connectivity index (χ1v) is 9.13. The first kappa shape index (κ1) is 18.5. The summed E-state index contributed by atoms with van der Waals surface area (Å²) in [7, 11) is 0. The molecular formula is C17H20N2O6S. The van der Waals surface area contributed by atoms with E-state index < -0.39 is 23.7 Å². The lowest BCUT2D eigenvalue weighted by atomic mass is 10.3. The third-order valence-corrected chi connectivity index (χ3v) is 4.64. The van der Waals surface area contributed by atoms with Crippen molar-refractivity contribution in [3.8, 4) is 0 Å². The molecule has 1 aromatic rings. The number of furan rings is 1. The lowest BCUT2D eigenvalue weighted by molar-refractivity contribution is -0.149. The van der Waals surface area contributed by atoms with Gasteiger partial charge >= 0.3 is 5.97 Å². The van der Waals surface area contributed by atoms with Gasteiger partial charge in [-0.25, -0.2) is 0 Å². The molecule has 0 atom stereocenters. The lowest BCUT2D eigenvalue weighted by Crippen LogP contribution is -2.35. The SMILES string of the molecule is CC(C)OC(=O)CN1C(=O)SC(=Cc2ccc(N3CCOCC3)o2)C1=O. The largest absolute Gasteiger partial charge is 0.462 e. The van der Waals surface area contributed by atoms with Crippen LogP contribution >= 0.6 is 11.8 Å². The second-order valence-electron chi connectivity index (χ2n) is 6.08. The van der Waals surface area contributed by atoms with E-state index in [1.54, 1.807) is 19.9 Å². The average molecular weight is 380 g/mol. The van der Waals surface area contributed by atoms with Crippen LogP contribution in [0.5, 0.6) is 0 Å². The number of anilines is 1. The van der Waals surface area contributed by atoms with E-state index in [0.717, 1.165) is 29.8 Å². The van der Waals surface area contributed by atoms with Crippen LogP contribution in [0.3, 0.4) is 0 Å². The number of hydrogen-bond acceptors (Lipinski definition) is 8. The number of imide groups is 1. The van der Waals surface area contributed by atoms with Gasteiger partial charge in [0.05, 0.1) is 24.2 Å². The van der Waals surface area contributed by atoms with Crippen molar-refractivity contribution in [1.29, 1.82) is 0 Å². The van der Waals surface area contributed by atoms with Crippen molar-refractivity contribution in [1.82, 2.24) is 4.90 Å². The zero-order chi connectivity index (χ0) is 18.7. The summed E-state index contributed by atoms with van der Waals surface area (Å²) < 4.78 is 16.0. The van der Waals surface area contributed by atoms with Gasteiger partial charge < -0.3 is 18.8 Å². The topological polar surface area (TPSA) is 89.3 Å². The maximum Gasteiger partial charge on any atom is 0.326 e. The van der Waals surface area contributed by atoms with Gasteiger partial charge in [0.25, 0.3) is 11.1 Å². The monoisotopic (exact) mass is 380 g/mol. The molecule has 0 radical (unpaired) electrons. The average Bonchev–Trinajstić information content (AvgIpc) is 3.16. The van der Waals surface area contributed by atoms with Gasteiger partial charge in [0.2, 0.25) is 0 Å². The van der Waals surface area contributed by atoms with Crippen LogP contribution in [-0.4, -0.2) is 61.0 Å². The fourth-order valence-electron chi connectivity index (χ4n) is 2.57. The van der Waals surface area contributed by atoms with Crippen LogP contribution in [0.25, 0.3) is 6.08 Å². The molecule has 8 nitrogen and oxygen atoms in total. The summed E-state index contributed by atoms with van der Waals surface area (Å²) in [6.45, 7) is 5.77. The number of hydrogen-bond donors (Lipinski definition) is 0. The fourth-order valence-corrected chi connectivity index (χ4v) is 3.39. The quantitative estimate of drug-likeness (QED) is 0.567. The number of rotatable bonds is 5. The zero-order valence-electron chi connectivity index (χ0n) is 14.6. The highest BCUT2D eigenvalue weighted by Gasteiger charge is 2.37. The van der Waals surface area contributed by atoms with Gasteiger partial charge in [0, 0.05) is 25.2 Å². The molecule has 0 aromatic carbocycles. The van der Waals surface area contributed by atoms with Crippen molar-refractivity contribution >= 4 is 40.8 Å². The Balaban J connectivity index is 1.67. The molecule has 0 aliphatic carbocycles. The van der Waals surface area contributed by atoms with Crippen LogP contribution in [0.15, 0.2) is 21.5 Å². The van der Waals surface area contributed by atoms with Crippen LogP contribution in [0, 0.1) is 0 Å². The zero-order valence-corrected chi connectivity index (χ0v) is 15.4. The van der Waals surface area contributed by atoms with E-state index in [2.05, 4.69) is 4.90 Å². The predicted octanol–water partition coefficient (Wildman–Crippen LogP) is 2.10. The second kappa shape index (κ2) is 7.96. The molecule has 0 bridgehead atoms.